The maximum atomic E-state index is 11.8. The van der Waals surface area contributed by atoms with Crippen LogP contribution in [-0.4, -0.2) is 81.2 Å². The molecular formula is C20H34N6O. The largest absolute Gasteiger partial charge is 0.341 e. The highest BCUT2D eigenvalue weighted by atomic mass is 16.2. The normalized spacial score (nSPS) is 25.4. The molecule has 0 saturated carbocycles. The molecule has 0 aromatic carbocycles. The van der Waals surface area contributed by atoms with E-state index in [4.69, 9.17) is 0 Å². The Morgan fingerprint density at radius 3 is 2.52 bits per heavy atom. The fourth-order valence-corrected chi connectivity index (χ4v) is 4.86. The van der Waals surface area contributed by atoms with Gasteiger partial charge in [-0.1, -0.05) is 6.42 Å². The van der Waals surface area contributed by atoms with E-state index in [1.807, 2.05) is 4.90 Å². The fraction of sp³-hybridized carbons (Fsp3) is 0.850. The number of hydrogen-bond acceptors (Lipinski definition) is 5. The van der Waals surface area contributed by atoms with E-state index in [1.165, 1.54) is 45.2 Å². The molecule has 3 fully saturated rings. The minimum Gasteiger partial charge on any atom is -0.341 e. The smallest absolute Gasteiger partial charge is 0.222 e. The molecule has 1 amide bonds. The molecule has 4 heterocycles. The topological polar surface area (TPSA) is 57.5 Å². The van der Waals surface area contributed by atoms with Crippen LogP contribution in [0.1, 0.15) is 62.5 Å². The van der Waals surface area contributed by atoms with E-state index in [-0.39, 0.29) is 0 Å². The van der Waals surface area contributed by atoms with Crippen LogP contribution >= 0.6 is 0 Å². The molecule has 0 N–H and O–H groups in total. The van der Waals surface area contributed by atoms with Gasteiger partial charge in [-0.2, -0.15) is 0 Å². The minimum atomic E-state index is 0.333. The third-order valence-corrected chi connectivity index (χ3v) is 6.54. The van der Waals surface area contributed by atoms with E-state index in [2.05, 4.69) is 31.6 Å². The summed E-state index contributed by atoms with van der Waals surface area (Å²) >= 11 is 0. The fourth-order valence-electron chi connectivity index (χ4n) is 4.86. The third-order valence-electron chi connectivity index (χ3n) is 6.54. The lowest BCUT2D eigenvalue weighted by molar-refractivity contribution is -0.127. The van der Waals surface area contributed by atoms with Gasteiger partial charge >= 0.3 is 0 Å². The Morgan fingerprint density at radius 2 is 1.74 bits per heavy atom. The maximum absolute atomic E-state index is 11.8. The number of carbonyl (C=O) groups is 1. The lowest BCUT2D eigenvalue weighted by Gasteiger charge is -2.33. The van der Waals surface area contributed by atoms with Gasteiger partial charge in [0.25, 0.3) is 0 Å². The molecule has 7 heteroatoms. The molecule has 1 aromatic heterocycles. The van der Waals surface area contributed by atoms with Crippen LogP contribution in [0, 0.1) is 0 Å². The van der Waals surface area contributed by atoms with Crippen LogP contribution in [-0.2, 0) is 18.4 Å². The zero-order valence-electron chi connectivity index (χ0n) is 16.8. The van der Waals surface area contributed by atoms with E-state index in [9.17, 15) is 4.79 Å². The first-order chi connectivity index (χ1) is 13.2. The van der Waals surface area contributed by atoms with Crippen molar-refractivity contribution in [1.29, 1.82) is 0 Å². The molecule has 1 atom stereocenters. The Morgan fingerprint density at radius 1 is 0.926 bits per heavy atom. The molecule has 4 rings (SSSR count). The summed E-state index contributed by atoms with van der Waals surface area (Å²) in [4.78, 5) is 18.9. The van der Waals surface area contributed by atoms with Crippen LogP contribution in [0.2, 0.25) is 0 Å². The lowest BCUT2D eigenvalue weighted by Crippen LogP contribution is -2.41. The standard InChI is InChI=1S/C20H34N6O/c1-23-18(16-24-9-3-2-4-10-24)21-22-20(23)17-7-5-11-25(15-17)13-14-26-12-6-8-19(26)27/h17H,2-16H2,1H3. The quantitative estimate of drug-likeness (QED) is 0.757. The van der Waals surface area contributed by atoms with Gasteiger partial charge in [-0.25, -0.2) is 0 Å². The Balaban J connectivity index is 1.33. The van der Waals surface area contributed by atoms with Crippen molar-refractivity contribution in [3.63, 3.8) is 0 Å². The second kappa shape index (κ2) is 8.69. The molecule has 27 heavy (non-hydrogen) atoms. The molecule has 0 radical (unpaired) electrons. The number of aromatic nitrogens is 3. The number of likely N-dealkylation sites (tertiary alicyclic amines) is 3. The molecule has 1 unspecified atom stereocenters. The number of hydrogen-bond donors (Lipinski definition) is 0. The number of rotatable bonds is 6. The summed E-state index contributed by atoms with van der Waals surface area (Å²) in [6.45, 7) is 8.29. The highest BCUT2D eigenvalue weighted by molar-refractivity contribution is 5.78. The number of nitrogens with zero attached hydrogens (tertiary/aromatic N) is 6. The summed E-state index contributed by atoms with van der Waals surface area (Å²) in [6.07, 6.45) is 8.13. The van der Waals surface area contributed by atoms with Gasteiger partial charge in [-0.05, 0) is 51.7 Å². The predicted octanol–water partition coefficient (Wildman–Crippen LogP) is 1.60. The van der Waals surface area contributed by atoms with E-state index >= 15 is 0 Å². The number of piperidine rings is 2. The van der Waals surface area contributed by atoms with Gasteiger partial charge in [-0.15, -0.1) is 10.2 Å². The van der Waals surface area contributed by atoms with Gasteiger partial charge in [0.2, 0.25) is 5.91 Å². The van der Waals surface area contributed by atoms with Crippen LogP contribution in [0.5, 0.6) is 0 Å². The van der Waals surface area contributed by atoms with Crippen molar-refractivity contribution >= 4 is 5.91 Å². The molecule has 0 bridgehead atoms. The van der Waals surface area contributed by atoms with Gasteiger partial charge in [0.1, 0.15) is 11.6 Å². The van der Waals surface area contributed by atoms with E-state index < -0.39 is 0 Å². The minimum absolute atomic E-state index is 0.333. The van der Waals surface area contributed by atoms with Crippen LogP contribution in [0.25, 0.3) is 0 Å². The third kappa shape index (κ3) is 4.51. The van der Waals surface area contributed by atoms with E-state index in [0.29, 0.717) is 11.8 Å². The average Bonchev–Trinajstić information content (AvgIpc) is 3.27. The first-order valence-electron chi connectivity index (χ1n) is 10.8. The van der Waals surface area contributed by atoms with Crippen molar-refractivity contribution in [1.82, 2.24) is 29.5 Å². The SMILES string of the molecule is Cn1c(CN2CCCCC2)nnc1C1CCCN(CCN2CCCC2=O)C1. The zero-order chi connectivity index (χ0) is 18.6. The molecular weight excluding hydrogens is 340 g/mol. The van der Waals surface area contributed by atoms with Crippen LogP contribution in [0.3, 0.4) is 0 Å². The van der Waals surface area contributed by atoms with Crippen molar-refractivity contribution in [3.05, 3.63) is 11.6 Å². The molecule has 0 spiro atoms. The van der Waals surface area contributed by atoms with Crippen LogP contribution in [0.15, 0.2) is 0 Å². The van der Waals surface area contributed by atoms with Crippen LogP contribution in [0.4, 0.5) is 0 Å². The molecule has 3 aliphatic heterocycles. The number of amides is 1. The summed E-state index contributed by atoms with van der Waals surface area (Å²) < 4.78 is 2.24. The molecule has 150 valence electrons. The number of carbonyl (C=O) groups excluding carboxylic acids is 1. The van der Waals surface area contributed by atoms with Gasteiger partial charge in [0.15, 0.2) is 0 Å². The molecule has 1 aromatic rings. The maximum Gasteiger partial charge on any atom is 0.222 e. The highest BCUT2D eigenvalue weighted by Gasteiger charge is 2.27. The summed E-state index contributed by atoms with van der Waals surface area (Å²) in [5.41, 5.74) is 0. The first-order valence-corrected chi connectivity index (χ1v) is 10.8. The second-order valence-corrected chi connectivity index (χ2v) is 8.49. The molecule has 3 aliphatic rings. The second-order valence-electron chi connectivity index (χ2n) is 8.49. The van der Waals surface area contributed by atoms with Gasteiger partial charge in [0.05, 0.1) is 6.54 Å². The summed E-state index contributed by atoms with van der Waals surface area (Å²) in [5.74, 6) is 3.04. The van der Waals surface area contributed by atoms with Gasteiger partial charge in [-0.3, -0.25) is 9.69 Å². The Kier molecular flexibility index (Phi) is 6.08. The Hall–Kier alpha value is -1.47. The van der Waals surface area contributed by atoms with Crippen molar-refractivity contribution in [2.45, 2.75) is 57.4 Å². The van der Waals surface area contributed by atoms with Gasteiger partial charge in [0, 0.05) is 45.6 Å². The van der Waals surface area contributed by atoms with Crippen LogP contribution < -0.4 is 0 Å². The Labute approximate surface area is 162 Å². The molecule has 3 saturated heterocycles. The Bertz CT molecular complexity index is 638. The predicted molar refractivity (Wildman–Crippen MR) is 104 cm³/mol. The summed E-state index contributed by atoms with van der Waals surface area (Å²) in [6, 6.07) is 0. The summed E-state index contributed by atoms with van der Waals surface area (Å²) in [5, 5.41) is 9.11. The highest BCUT2D eigenvalue weighted by Crippen LogP contribution is 2.26. The van der Waals surface area contributed by atoms with Crippen molar-refractivity contribution in [3.8, 4) is 0 Å². The van der Waals surface area contributed by atoms with Crippen molar-refractivity contribution in [2.24, 2.45) is 7.05 Å². The van der Waals surface area contributed by atoms with Gasteiger partial charge < -0.3 is 14.4 Å². The summed E-state index contributed by atoms with van der Waals surface area (Å²) in [7, 11) is 2.14. The van der Waals surface area contributed by atoms with E-state index in [0.717, 1.165) is 63.8 Å². The monoisotopic (exact) mass is 374 g/mol. The molecule has 7 nitrogen and oxygen atoms in total. The average molecular weight is 375 g/mol. The first kappa shape index (κ1) is 18.9. The van der Waals surface area contributed by atoms with Crippen molar-refractivity contribution in [2.75, 3.05) is 45.8 Å². The van der Waals surface area contributed by atoms with E-state index in [1.54, 1.807) is 0 Å². The molecule has 0 aliphatic carbocycles. The lowest BCUT2D eigenvalue weighted by atomic mass is 9.97. The zero-order valence-corrected chi connectivity index (χ0v) is 16.8. The van der Waals surface area contributed by atoms with Crippen molar-refractivity contribution < 1.29 is 4.79 Å².